The molecule has 0 saturated heterocycles. The molecule has 8 aromatic rings. The van der Waals surface area contributed by atoms with Crippen LogP contribution >= 0.6 is 11.8 Å². The predicted molar refractivity (Wildman–Crippen MR) is 216 cm³/mol. The largest absolute Gasteiger partial charge is 0.453 e. The molecule has 268 valence electrons. The number of hydrogen-bond donors (Lipinski definition) is 0. The zero-order valence-electron chi connectivity index (χ0n) is 29.5. The zero-order chi connectivity index (χ0) is 37.1. The molecule has 0 bridgehead atoms. The van der Waals surface area contributed by atoms with Gasteiger partial charge < -0.3 is 28.4 Å². The van der Waals surface area contributed by atoms with Crippen molar-refractivity contribution in [2.45, 2.75) is 9.79 Å². The van der Waals surface area contributed by atoms with E-state index in [2.05, 4.69) is 0 Å². The predicted octanol–water partition coefficient (Wildman–Crippen LogP) is 14.6. The van der Waals surface area contributed by atoms with Crippen LogP contribution in [0, 0.1) is 0 Å². The average Bonchev–Trinajstić information content (AvgIpc) is 3.24. The van der Waals surface area contributed by atoms with Crippen LogP contribution in [-0.4, -0.2) is 0 Å². The van der Waals surface area contributed by atoms with E-state index in [-0.39, 0.29) is 0 Å². The first-order valence-electron chi connectivity index (χ1n) is 17.6. The molecule has 0 aromatic heterocycles. The lowest BCUT2D eigenvalue weighted by molar-refractivity contribution is 0.379. The van der Waals surface area contributed by atoms with Gasteiger partial charge in [-0.3, -0.25) is 0 Å². The Morgan fingerprint density at radius 1 is 0.218 bits per heavy atom. The van der Waals surface area contributed by atoms with Gasteiger partial charge in [0, 0.05) is 0 Å². The molecule has 0 aliphatic carbocycles. The molecule has 6 nitrogen and oxygen atoms in total. The molecule has 0 atom stereocenters. The Morgan fingerprint density at radius 3 is 0.727 bits per heavy atom. The van der Waals surface area contributed by atoms with E-state index in [4.69, 9.17) is 28.4 Å². The van der Waals surface area contributed by atoms with Crippen LogP contribution in [-0.2, 0) is 0 Å². The van der Waals surface area contributed by atoms with Gasteiger partial charge in [0.15, 0.2) is 23.0 Å². The molecule has 8 rings (SSSR count). The van der Waals surface area contributed by atoms with Crippen LogP contribution in [0.15, 0.2) is 216 Å². The van der Waals surface area contributed by atoms with E-state index in [1.54, 1.807) is 0 Å². The lowest BCUT2D eigenvalue weighted by Crippen LogP contribution is -1.98. The monoisotopic (exact) mass is 738 g/mol. The topological polar surface area (TPSA) is 55.4 Å². The molecule has 0 fully saturated rings. The Morgan fingerprint density at radius 2 is 0.455 bits per heavy atom. The number of rotatable bonds is 14. The van der Waals surface area contributed by atoms with Crippen molar-refractivity contribution in [2.24, 2.45) is 0 Å². The van der Waals surface area contributed by atoms with E-state index in [0.29, 0.717) is 69.0 Å². The molecule has 0 saturated carbocycles. The molecule has 0 aliphatic rings. The minimum atomic E-state index is 0.402. The van der Waals surface area contributed by atoms with Crippen LogP contribution in [0.25, 0.3) is 0 Å². The maximum atomic E-state index is 6.73. The fraction of sp³-hybridized carbons (Fsp3) is 0. The molecule has 0 unspecified atom stereocenters. The van der Waals surface area contributed by atoms with Crippen molar-refractivity contribution in [3.05, 3.63) is 206 Å². The Balaban J connectivity index is 1.30. The van der Waals surface area contributed by atoms with Crippen molar-refractivity contribution < 1.29 is 28.4 Å². The van der Waals surface area contributed by atoms with E-state index in [0.717, 1.165) is 9.79 Å². The van der Waals surface area contributed by atoms with E-state index in [1.165, 1.54) is 11.8 Å². The molecule has 55 heavy (non-hydrogen) atoms. The maximum Gasteiger partial charge on any atom is 0.213 e. The Kier molecular flexibility index (Phi) is 10.9. The van der Waals surface area contributed by atoms with Crippen LogP contribution in [0.4, 0.5) is 0 Å². The van der Waals surface area contributed by atoms with Gasteiger partial charge in [0.1, 0.15) is 34.5 Å². The third-order valence-corrected chi connectivity index (χ3v) is 9.18. The summed E-state index contributed by atoms with van der Waals surface area (Å²) in [5.74, 6) is 6.46. The summed E-state index contributed by atoms with van der Waals surface area (Å²) in [5.41, 5.74) is 0. The van der Waals surface area contributed by atoms with Crippen molar-refractivity contribution in [1.29, 1.82) is 0 Å². The van der Waals surface area contributed by atoms with Gasteiger partial charge in [-0.1, -0.05) is 121 Å². The molecule has 8 aromatic carbocycles. The van der Waals surface area contributed by atoms with Crippen LogP contribution in [0.2, 0.25) is 0 Å². The number of hydrogen-bond acceptors (Lipinski definition) is 7. The second-order valence-electron chi connectivity index (χ2n) is 12.0. The van der Waals surface area contributed by atoms with E-state index in [1.807, 2.05) is 206 Å². The highest BCUT2D eigenvalue weighted by atomic mass is 32.2. The number of para-hydroxylation sites is 6. The third kappa shape index (κ3) is 8.93. The molecule has 7 heteroatoms. The fourth-order valence-electron chi connectivity index (χ4n) is 5.54. The summed E-state index contributed by atoms with van der Waals surface area (Å²) in [5, 5.41) is 0. The minimum absolute atomic E-state index is 0.402. The van der Waals surface area contributed by atoms with Gasteiger partial charge in [-0.25, -0.2) is 0 Å². The van der Waals surface area contributed by atoms with Gasteiger partial charge in [0.25, 0.3) is 0 Å². The highest BCUT2D eigenvalue weighted by Gasteiger charge is 2.26. The molecular weight excluding hydrogens is 705 g/mol. The van der Waals surface area contributed by atoms with Crippen molar-refractivity contribution in [2.75, 3.05) is 0 Å². The molecule has 0 spiro atoms. The van der Waals surface area contributed by atoms with Crippen LogP contribution < -0.4 is 28.4 Å². The molecular formula is C48H34O6S. The summed E-state index contributed by atoms with van der Waals surface area (Å²) in [4.78, 5) is 1.46. The lowest BCUT2D eigenvalue weighted by Gasteiger charge is -2.21. The van der Waals surface area contributed by atoms with Crippen LogP contribution in [0.5, 0.6) is 69.0 Å². The molecule has 0 amide bonds. The van der Waals surface area contributed by atoms with Gasteiger partial charge in [0.2, 0.25) is 11.5 Å². The Labute approximate surface area is 324 Å². The van der Waals surface area contributed by atoms with E-state index >= 15 is 0 Å². The quantitative estimate of drug-likeness (QED) is 0.110. The van der Waals surface area contributed by atoms with Gasteiger partial charge in [-0.2, -0.15) is 0 Å². The van der Waals surface area contributed by atoms with E-state index < -0.39 is 0 Å². The van der Waals surface area contributed by atoms with Crippen LogP contribution in [0.1, 0.15) is 0 Å². The second kappa shape index (κ2) is 17.2. The highest BCUT2D eigenvalue weighted by molar-refractivity contribution is 7.99. The number of benzene rings is 8. The first-order valence-corrected chi connectivity index (χ1v) is 18.5. The molecule has 0 aliphatic heterocycles. The summed E-state index contributed by atoms with van der Waals surface area (Å²) in [6, 6.07) is 65.2. The lowest BCUT2D eigenvalue weighted by atomic mass is 10.2. The third-order valence-electron chi connectivity index (χ3n) is 8.09. The van der Waals surface area contributed by atoms with Gasteiger partial charge >= 0.3 is 0 Å². The first-order chi connectivity index (χ1) is 27.2. The van der Waals surface area contributed by atoms with Crippen LogP contribution in [0.3, 0.4) is 0 Å². The fourth-order valence-corrected chi connectivity index (χ4v) is 6.50. The summed E-state index contributed by atoms with van der Waals surface area (Å²) in [6.07, 6.45) is 0. The van der Waals surface area contributed by atoms with Gasteiger partial charge in [0.05, 0.1) is 9.79 Å². The highest BCUT2D eigenvalue weighted by Crippen LogP contribution is 2.55. The summed E-state index contributed by atoms with van der Waals surface area (Å²) >= 11 is 1.44. The SMILES string of the molecule is c1ccc(Oc2ccc(Sc3ccc(Oc4ccccc4)c(Oc4ccccc4)c3Oc3ccccc3)c(Oc3ccccc3)c2Oc2ccccc2)cc1. The summed E-state index contributed by atoms with van der Waals surface area (Å²) in [7, 11) is 0. The Hall–Kier alpha value is -7.09. The second-order valence-corrected chi connectivity index (χ2v) is 13.1. The first kappa shape index (κ1) is 35.0. The number of ether oxygens (including phenoxy) is 6. The minimum Gasteiger partial charge on any atom is -0.453 e. The molecule has 0 N–H and O–H groups in total. The van der Waals surface area contributed by atoms with Crippen molar-refractivity contribution in [3.63, 3.8) is 0 Å². The maximum absolute atomic E-state index is 6.73. The zero-order valence-corrected chi connectivity index (χ0v) is 30.3. The van der Waals surface area contributed by atoms with Crippen molar-refractivity contribution in [3.8, 4) is 69.0 Å². The van der Waals surface area contributed by atoms with Crippen molar-refractivity contribution >= 4 is 11.8 Å². The van der Waals surface area contributed by atoms with Gasteiger partial charge in [-0.15, -0.1) is 0 Å². The smallest absolute Gasteiger partial charge is 0.213 e. The summed E-state index contributed by atoms with van der Waals surface area (Å²) < 4.78 is 39.6. The summed E-state index contributed by atoms with van der Waals surface area (Å²) in [6.45, 7) is 0. The van der Waals surface area contributed by atoms with Crippen molar-refractivity contribution in [1.82, 2.24) is 0 Å². The van der Waals surface area contributed by atoms with E-state index in [9.17, 15) is 0 Å². The normalized spacial score (nSPS) is 10.6. The van der Waals surface area contributed by atoms with Gasteiger partial charge in [-0.05, 0) is 97.1 Å². The molecule has 0 radical (unpaired) electrons. The average molecular weight is 739 g/mol. The standard InChI is InChI=1S/C48H34O6S/c1-7-19-35(20-8-1)49-41-31-33-43(47(53-39-27-15-5-16-28-39)45(41)51-37-23-11-3-12-24-37)55-44-34-32-42(50-36-21-9-2-10-22-36)46(52-38-25-13-4-14-26-38)48(44)54-40-29-17-6-18-30-40/h1-34H. The Bertz CT molecular complexity index is 2260. The molecule has 0 heterocycles.